The molecule has 0 aromatic heterocycles. The van der Waals surface area contributed by atoms with Gasteiger partial charge in [-0.25, -0.2) is 0 Å². The standard InChI is InChI=1S/C6H12O5.CH4O/c7-2-3-1-4(8)5(9)6(10)11-3;1-2/h3-10H,1-2H2;2H,1H3. The summed E-state index contributed by atoms with van der Waals surface area (Å²) in [4.78, 5) is 0. The second-order valence-electron chi connectivity index (χ2n) is 2.62. The number of hydrogen-bond acceptors (Lipinski definition) is 6. The molecule has 1 fully saturated rings. The van der Waals surface area contributed by atoms with Crippen LogP contribution in [0.3, 0.4) is 0 Å². The molecule has 0 saturated carbocycles. The Kier molecular flexibility index (Phi) is 6.13. The fraction of sp³-hybridized carbons (Fsp3) is 1.00. The van der Waals surface area contributed by atoms with Crippen LogP contribution in [0.2, 0.25) is 0 Å². The van der Waals surface area contributed by atoms with E-state index < -0.39 is 24.6 Å². The molecule has 6 nitrogen and oxygen atoms in total. The zero-order valence-corrected chi connectivity index (χ0v) is 7.37. The highest BCUT2D eigenvalue weighted by Gasteiger charge is 2.34. The SMILES string of the molecule is CO.OCC1CC(O)C(O)C(O)O1. The summed E-state index contributed by atoms with van der Waals surface area (Å²) in [5, 5.41) is 42.5. The van der Waals surface area contributed by atoms with E-state index in [0.717, 1.165) is 7.11 Å². The molecule has 4 unspecified atom stereocenters. The predicted octanol–water partition coefficient (Wildman–Crippen LogP) is -2.58. The van der Waals surface area contributed by atoms with Crippen LogP contribution in [0, 0.1) is 0 Å². The molecule has 4 atom stereocenters. The van der Waals surface area contributed by atoms with E-state index in [-0.39, 0.29) is 13.0 Å². The van der Waals surface area contributed by atoms with Gasteiger partial charge in [-0.3, -0.25) is 0 Å². The molecule has 0 aromatic carbocycles. The lowest BCUT2D eigenvalue weighted by molar-refractivity contribution is -0.251. The molecule has 0 radical (unpaired) electrons. The van der Waals surface area contributed by atoms with Crippen molar-refractivity contribution in [3.05, 3.63) is 0 Å². The van der Waals surface area contributed by atoms with Gasteiger partial charge in [0, 0.05) is 13.5 Å². The average molecular weight is 196 g/mol. The Balaban J connectivity index is 0.000000671. The van der Waals surface area contributed by atoms with Crippen LogP contribution in [0.1, 0.15) is 6.42 Å². The van der Waals surface area contributed by atoms with E-state index in [1.54, 1.807) is 0 Å². The summed E-state index contributed by atoms with van der Waals surface area (Å²) in [7, 11) is 1.00. The van der Waals surface area contributed by atoms with Crippen molar-refractivity contribution in [2.24, 2.45) is 0 Å². The molecule has 13 heavy (non-hydrogen) atoms. The van der Waals surface area contributed by atoms with E-state index in [1.165, 1.54) is 0 Å². The third-order valence-electron chi connectivity index (χ3n) is 1.73. The van der Waals surface area contributed by atoms with Gasteiger partial charge in [-0.15, -0.1) is 0 Å². The fourth-order valence-corrected chi connectivity index (χ4v) is 1.05. The molecule has 1 aliphatic heterocycles. The van der Waals surface area contributed by atoms with E-state index in [0.29, 0.717) is 0 Å². The molecule has 1 rings (SSSR count). The Hall–Kier alpha value is -0.240. The van der Waals surface area contributed by atoms with Crippen molar-refractivity contribution in [1.29, 1.82) is 0 Å². The molecule has 0 bridgehead atoms. The zero-order valence-electron chi connectivity index (χ0n) is 7.37. The van der Waals surface area contributed by atoms with Gasteiger partial charge in [0.2, 0.25) is 0 Å². The number of hydrogen-bond donors (Lipinski definition) is 5. The Morgan fingerprint density at radius 1 is 1.23 bits per heavy atom. The minimum absolute atomic E-state index is 0.148. The minimum atomic E-state index is -1.39. The third kappa shape index (κ3) is 3.55. The lowest BCUT2D eigenvalue weighted by atomic mass is 10.0. The van der Waals surface area contributed by atoms with Crippen molar-refractivity contribution in [2.45, 2.75) is 31.0 Å². The van der Waals surface area contributed by atoms with Gasteiger partial charge in [0.1, 0.15) is 6.10 Å². The number of aliphatic hydroxyl groups excluding tert-OH is 5. The molecule has 1 heterocycles. The third-order valence-corrected chi connectivity index (χ3v) is 1.73. The number of aliphatic hydroxyl groups is 5. The topological polar surface area (TPSA) is 110 Å². The molecule has 0 amide bonds. The molecule has 0 aromatic rings. The summed E-state index contributed by atoms with van der Waals surface area (Å²) in [6.07, 6.45) is -4.11. The molecular weight excluding hydrogens is 180 g/mol. The van der Waals surface area contributed by atoms with E-state index in [2.05, 4.69) is 0 Å². The van der Waals surface area contributed by atoms with Crippen LogP contribution in [-0.2, 0) is 4.74 Å². The second kappa shape index (κ2) is 6.25. The largest absolute Gasteiger partial charge is 0.400 e. The Labute approximate surface area is 76.0 Å². The predicted molar refractivity (Wildman–Crippen MR) is 42.7 cm³/mol. The summed E-state index contributed by atoms with van der Waals surface area (Å²) in [6.45, 7) is -0.263. The quantitative estimate of drug-likeness (QED) is 0.315. The lowest BCUT2D eigenvalue weighted by Gasteiger charge is -2.33. The van der Waals surface area contributed by atoms with Gasteiger partial charge in [0.25, 0.3) is 0 Å². The van der Waals surface area contributed by atoms with Crippen LogP contribution in [0.5, 0.6) is 0 Å². The van der Waals surface area contributed by atoms with Crippen molar-refractivity contribution < 1.29 is 30.3 Å². The molecule has 1 saturated heterocycles. The molecule has 1 aliphatic rings. The summed E-state index contributed by atoms with van der Waals surface area (Å²) >= 11 is 0. The first-order chi connectivity index (χ1) is 6.15. The van der Waals surface area contributed by atoms with Gasteiger partial charge in [-0.2, -0.15) is 0 Å². The molecule has 80 valence electrons. The fourth-order valence-electron chi connectivity index (χ4n) is 1.05. The van der Waals surface area contributed by atoms with E-state index >= 15 is 0 Å². The van der Waals surface area contributed by atoms with Crippen LogP contribution < -0.4 is 0 Å². The van der Waals surface area contributed by atoms with Crippen molar-refractivity contribution in [2.75, 3.05) is 13.7 Å². The van der Waals surface area contributed by atoms with Crippen molar-refractivity contribution in [3.63, 3.8) is 0 Å². The highest BCUT2D eigenvalue weighted by Crippen LogP contribution is 2.17. The highest BCUT2D eigenvalue weighted by molar-refractivity contribution is 4.79. The van der Waals surface area contributed by atoms with Crippen molar-refractivity contribution in [3.8, 4) is 0 Å². The van der Waals surface area contributed by atoms with E-state index in [1.807, 2.05) is 0 Å². The van der Waals surface area contributed by atoms with Gasteiger partial charge >= 0.3 is 0 Å². The zero-order chi connectivity index (χ0) is 10.4. The van der Waals surface area contributed by atoms with Crippen LogP contribution in [-0.4, -0.2) is 63.9 Å². The van der Waals surface area contributed by atoms with Crippen molar-refractivity contribution in [1.82, 2.24) is 0 Å². The smallest absolute Gasteiger partial charge is 0.183 e. The normalized spacial score (nSPS) is 39.2. The average Bonchev–Trinajstić information content (AvgIpc) is 2.16. The van der Waals surface area contributed by atoms with Crippen LogP contribution in [0.4, 0.5) is 0 Å². The maximum atomic E-state index is 9.05. The van der Waals surface area contributed by atoms with Crippen LogP contribution in [0.15, 0.2) is 0 Å². The molecule has 0 aliphatic carbocycles. The van der Waals surface area contributed by atoms with E-state index in [4.69, 9.17) is 30.3 Å². The summed E-state index contributed by atoms with van der Waals surface area (Å²) in [6, 6.07) is 0. The first kappa shape index (κ1) is 12.8. The number of ether oxygens (including phenoxy) is 1. The van der Waals surface area contributed by atoms with E-state index in [9.17, 15) is 0 Å². The van der Waals surface area contributed by atoms with Gasteiger partial charge in [-0.1, -0.05) is 0 Å². The van der Waals surface area contributed by atoms with Crippen LogP contribution in [0.25, 0.3) is 0 Å². The first-order valence-electron chi connectivity index (χ1n) is 3.90. The minimum Gasteiger partial charge on any atom is -0.400 e. The maximum Gasteiger partial charge on any atom is 0.183 e. The Bertz CT molecular complexity index is 118. The van der Waals surface area contributed by atoms with Gasteiger partial charge in [0.15, 0.2) is 6.29 Å². The monoisotopic (exact) mass is 196 g/mol. The Morgan fingerprint density at radius 2 is 1.77 bits per heavy atom. The van der Waals surface area contributed by atoms with Gasteiger partial charge < -0.3 is 30.3 Å². The first-order valence-corrected chi connectivity index (χ1v) is 3.90. The summed E-state index contributed by atoms with van der Waals surface area (Å²) in [5.74, 6) is 0. The number of rotatable bonds is 1. The Morgan fingerprint density at radius 3 is 2.15 bits per heavy atom. The van der Waals surface area contributed by atoms with Gasteiger partial charge in [-0.05, 0) is 0 Å². The molecule has 5 N–H and O–H groups in total. The molecular formula is C7H16O6. The van der Waals surface area contributed by atoms with Gasteiger partial charge in [0.05, 0.1) is 18.8 Å². The van der Waals surface area contributed by atoms with Crippen molar-refractivity contribution >= 4 is 0 Å². The molecule has 6 heteroatoms. The maximum absolute atomic E-state index is 9.05. The summed E-state index contributed by atoms with van der Waals surface area (Å²) in [5.41, 5.74) is 0. The molecule has 0 spiro atoms. The van der Waals surface area contributed by atoms with Crippen LogP contribution >= 0.6 is 0 Å². The highest BCUT2D eigenvalue weighted by atomic mass is 16.6. The second-order valence-corrected chi connectivity index (χ2v) is 2.62. The lowest BCUT2D eigenvalue weighted by Crippen LogP contribution is -2.49. The summed E-state index contributed by atoms with van der Waals surface area (Å²) < 4.78 is 4.71.